The zero-order chi connectivity index (χ0) is 13.6. The van der Waals surface area contributed by atoms with Crippen LogP contribution in [-0.2, 0) is 12.8 Å². The Morgan fingerprint density at radius 1 is 1.25 bits per heavy atom. The first-order valence-corrected chi connectivity index (χ1v) is 7.89. The SMILES string of the molecule is O=C1NCC2(CCc3c(cccc3-c3ccsc3)C2)N1. The molecule has 2 heterocycles. The fraction of sp³-hybridized carbons (Fsp3) is 0.312. The second-order valence-corrected chi connectivity index (χ2v) is 6.50. The summed E-state index contributed by atoms with van der Waals surface area (Å²) in [6.45, 7) is 0.744. The van der Waals surface area contributed by atoms with E-state index in [4.69, 9.17) is 0 Å². The zero-order valence-corrected chi connectivity index (χ0v) is 11.9. The molecule has 1 aromatic heterocycles. The van der Waals surface area contributed by atoms with E-state index in [9.17, 15) is 4.79 Å². The predicted octanol–water partition coefficient (Wildman–Crippen LogP) is 2.96. The van der Waals surface area contributed by atoms with Gasteiger partial charge in [-0.3, -0.25) is 0 Å². The summed E-state index contributed by atoms with van der Waals surface area (Å²) in [5, 5.41) is 10.4. The molecule has 1 spiro atoms. The highest BCUT2D eigenvalue weighted by molar-refractivity contribution is 7.08. The molecule has 1 aromatic carbocycles. The topological polar surface area (TPSA) is 41.1 Å². The van der Waals surface area contributed by atoms with Gasteiger partial charge >= 0.3 is 6.03 Å². The van der Waals surface area contributed by atoms with Crippen molar-refractivity contribution in [2.75, 3.05) is 6.54 Å². The highest BCUT2D eigenvalue weighted by Gasteiger charge is 2.40. The van der Waals surface area contributed by atoms with Crippen LogP contribution in [0.1, 0.15) is 17.5 Å². The van der Waals surface area contributed by atoms with E-state index in [1.54, 1.807) is 11.3 Å². The van der Waals surface area contributed by atoms with Gasteiger partial charge in [-0.1, -0.05) is 18.2 Å². The van der Waals surface area contributed by atoms with Gasteiger partial charge in [0.2, 0.25) is 0 Å². The first kappa shape index (κ1) is 12.0. The number of thiophene rings is 1. The number of amides is 2. The Morgan fingerprint density at radius 3 is 2.95 bits per heavy atom. The molecule has 1 saturated heterocycles. The van der Waals surface area contributed by atoms with Crippen LogP contribution >= 0.6 is 11.3 Å². The van der Waals surface area contributed by atoms with E-state index < -0.39 is 0 Å². The number of carbonyl (C=O) groups is 1. The van der Waals surface area contributed by atoms with Gasteiger partial charge in [-0.05, 0) is 58.3 Å². The normalized spacial score (nSPS) is 24.3. The number of benzene rings is 1. The molecule has 0 bridgehead atoms. The third-order valence-corrected chi connectivity index (χ3v) is 5.14. The van der Waals surface area contributed by atoms with Crippen LogP contribution in [0.3, 0.4) is 0 Å². The molecule has 20 heavy (non-hydrogen) atoms. The third-order valence-electron chi connectivity index (χ3n) is 4.45. The number of urea groups is 1. The summed E-state index contributed by atoms with van der Waals surface area (Å²) >= 11 is 1.74. The van der Waals surface area contributed by atoms with E-state index in [1.807, 2.05) is 0 Å². The summed E-state index contributed by atoms with van der Waals surface area (Å²) in [6.07, 6.45) is 2.97. The van der Waals surface area contributed by atoms with Gasteiger partial charge in [-0.15, -0.1) is 0 Å². The smallest absolute Gasteiger partial charge is 0.315 e. The number of hydrogen-bond acceptors (Lipinski definition) is 2. The van der Waals surface area contributed by atoms with Crippen LogP contribution in [0.15, 0.2) is 35.0 Å². The van der Waals surface area contributed by atoms with Gasteiger partial charge in [0.05, 0.1) is 5.54 Å². The lowest BCUT2D eigenvalue weighted by Gasteiger charge is -2.34. The fourth-order valence-electron chi connectivity index (χ4n) is 3.44. The summed E-state index contributed by atoms with van der Waals surface area (Å²) in [6, 6.07) is 8.71. The van der Waals surface area contributed by atoms with E-state index in [0.29, 0.717) is 0 Å². The van der Waals surface area contributed by atoms with Crippen molar-refractivity contribution in [2.45, 2.75) is 24.8 Å². The molecule has 4 heteroatoms. The van der Waals surface area contributed by atoms with Gasteiger partial charge in [0.15, 0.2) is 0 Å². The van der Waals surface area contributed by atoms with Gasteiger partial charge in [0.1, 0.15) is 0 Å². The Kier molecular flexibility index (Phi) is 2.60. The van der Waals surface area contributed by atoms with Crippen molar-refractivity contribution in [3.05, 3.63) is 46.2 Å². The second kappa shape index (κ2) is 4.35. The van der Waals surface area contributed by atoms with Crippen LogP contribution in [0.2, 0.25) is 0 Å². The molecule has 1 atom stereocenters. The maximum absolute atomic E-state index is 11.5. The quantitative estimate of drug-likeness (QED) is 0.830. The van der Waals surface area contributed by atoms with Gasteiger partial charge in [0, 0.05) is 6.54 Å². The molecule has 2 amide bonds. The number of carbonyl (C=O) groups excluding carboxylic acids is 1. The Bertz CT molecular complexity index is 665. The van der Waals surface area contributed by atoms with E-state index in [0.717, 1.165) is 25.8 Å². The molecule has 1 aliphatic carbocycles. The van der Waals surface area contributed by atoms with E-state index in [-0.39, 0.29) is 11.6 Å². The van der Waals surface area contributed by atoms with Crippen LogP contribution in [0.4, 0.5) is 4.79 Å². The number of rotatable bonds is 1. The fourth-order valence-corrected chi connectivity index (χ4v) is 4.09. The number of hydrogen-bond donors (Lipinski definition) is 2. The Hall–Kier alpha value is -1.81. The van der Waals surface area contributed by atoms with Crippen molar-refractivity contribution in [1.82, 2.24) is 10.6 Å². The zero-order valence-electron chi connectivity index (χ0n) is 11.1. The van der Waals surface area contributed by atoms with Gasteiger partial charge in [-0.25, -0.2) is 4.79 Å². The molecule has 2 aromatic rings. The molecule has 1 unspecified atom stereocenters. The van der Waals surface area contributed by atoms with Crippen LogP contribution in [0.25, 0.3) is 11.1 Å². The van der Waals surface area contributed by atoms with E-state index in [2.05, 4.69) is 45.7 Å². The van der Waals surface area contributed by atoms with Gasteiger partial charge in [0.25, 0.3) is 0 Å². The second-order valence-electron chi connectivity index (χ2n) is 5.72. The first-order valence-electron chi connectivity index (χ1n) is 6.95. The maximum Gasteiger partial charge on any atom is 0.315 e. The summed E-state index contributed by atoms with van der Waals surface area (Å²) in [7, 11) is 0. The third kappa shape index (κ3) is 1.83. The molecule has 4 rings (SSSR count). The van der Waals surface area contributed by atoms with Crippen molar-refractivity contribution in [3.8, 4) is 11.1 Å². The minimum atomic E-state index is -0.0721. The Labute approximate surface area is 122 Å². The molecular weight excluding hydrogens is 268 g/mol. The predicted molar refractivity (Wildman–Crippen MR) is 81.0 cm³/mol. The van der Waals surface area contributed by atoms with Crippen LogP contribution in [0, 0.1) is 0 Å². The molecule has 1 aliphatic heterocycles. The minimum Gasteiger partial charge on any atom is -0.336 e. The van der Waals surface area contributed by atoms with E-state index >= 15 is 0 Å². The molecular formula is C16H16N2OS. The van der Waals surface area contributed by atoms with Crippen LogP contribution in [0.5, 0.6) is 0 Å². The summed E-state index contributed by atoms with van der Waals surface area (Å²) < 4.78 is 0. The van der Waals surface area contributed by atoms with Crippen molar-refractivity contribution in [2.24, 2.45) is 0 Å². The Morgan fingerprint density at radius 2 is 2.20 bits per heavy atom. The summed E-state index contributed by atoms with van der Waals surface area (Å²) in [4.78, 5) is 11.5. The molecule has 3 nitrogen and oxygen atoms in total. The van der Waals surface area contributed by atoms with Crippen molar-refractivity contribution in [3.63, 3.8) is 0 Å². The average Bonchev–Trinajstić information content (AvgIpc) is 3.09. The lowest BCUT2D eigenvalue weighted by Crippen LogP contribution is -2.48. The lowest BCUT2D eigenvalue weighted by molar-refractivity contribution is 0.242. The number of fused-ring (bicyclic) bond motifs is 1. The molecule has 2 aliphatic rings. The average molecular weight is 284 g/mol. The molecule has 0 radical (unpaired) electrons. The molecule has 1 fully saturated rings. The maximum atomic E-state index is 11.5. The molecule has 2 N–H and O–H groups in total. The van der Waals surface area contributed by atoms with Gasteiger partial charge in [-0.2, -0.15) is 11.3 Å². The minimum absolute atomic E-state index is 0.0255. The van der Waals surface area contributed by atoms with Crippen molar-refractivity contribution < 1.29 is 4.79 Å². The summed E-state index contributed by atoms with van der Waals surface area (Å²) in [5.74, 6) is 0. The van der Waals surface area contributed by atoms with Crippen molar-refractivity contribution >= 4 is 17.4 Å². The monoisotopic (exact) mass is 284 g/mol. The highest BCUT2D eigenvalue weighted by Crippen LogP contribution is 2.36. The Balaban J connectivity index is 1.74. The van der Waals surface area contributed by atoms with Gasteiger partial charge < -0.3 is 10.6 Å². The van der Waals surface area contributed by atoms with E-state index in [1.165, 1.54) is 22.3 Å². The number of nitrogens with one attached hydrogen (secondary N) is 2. The molecule has 0 saturated carbocycles. The lowest BCUT2D eigenvalue weighted by atomic mass is 9.76. The van der Waals surface area contributed by atoms with Crippen LogP contribution < -0.4 is 10.6 Å². The highest BCUT2D eigenvalue weighted by atomic mass is 32.1. The first-order chi connectivity index (χ1) is 9.76. The standard InChI is InChI=1S/C16H16N2OS/c19-15-17-10-16(18-15)6-4-14-11(8-16)2-1-3-13(14)12-5-7-20-9-12/h1-3,5,7,9H,4,6,8,10H2,(H2,17,18,19). The van der Waals surface area contributed by atoms with Crippen LogP contribution in [-0.4, -0.2) is 18.1 Å². The summed E-state index contributed by atoms with van der Waals surface area (Å²) in [5.41, 5.74) is 5.44. The molecule has 102 valence electrons. The van der Waals surface area contributed by atoms with Crippen molar-refractivity contribution in [1.29, 1.82) is 0 Å². The largest absolute Gasteiger partial charge is 0.336 e.